The Morgan fingerprint density at radius 3 is 2.81 bits per heavy atom. The van der Waals surface area contributed by atoms with Crippen molar-refractivity contribution in [3.8, 4) is 6.07 Å². The predicted molar refractivity (Wildman–Crippen MR) is 103 cm³/mol. The molecule has 3 heteroatoms. The number of carbonyl (C=O) groups is 1. The van der Waals surface area contributed by atoms with E-state index in [4.69, 9.17) is 5.26 Å². The number of hydrogen-bond donors (Lipinski definition) is 1. The van der Waals surface area contributed by atoms with Gasteiger partial charge in [-0.05, 0) is 86.0 Å². The maximum absolute atomic E-state index is 11.8. The van der Waals surface area contributed by atoms with Gasteiger partial charge in [0.25, 0.3) is 0 Å². The van der Waals surface area contributed by atoms with E-state index in [9.17, 15) is 4.79 Å². The fourth-order valence-corrected chi connectivity index (χ4v) is 7.80. The molecule has 3 saturated carbocycles. The van der Waals surface area contributed by atoms with Gasteiger partial charge in [0.2, 0.25) is 5.91 Å². The van der Waals surface area contributed by atoms with E-state index in [-0.39, 0.29) is 11.3 Å². The molecule has 142 valence electrons. The summed E-state index contributed by atoms with van der Waals surface area (Å²) in [7, 11) is 0. The first-order chi connectivity index (χ1) is 12.4. The number of rotatable bonds is 3. The molecule has 1 heterocycles. The van der Waals surface area contributed by atoms with Gasteiger partial charge in [-0.15, -0.1) is 0 Å². The first-order valence-corrected chi connectivity index (χ1v) is 10.8. The lowest BCUT2D eigenvalue weighted by Gasteiger charge is -2.59. The summed E-state index contributed by atoms with van der Waals surface area (Å²) >= 11 is 0. The largest absolute Gasteiger partial charge is 0.349 e. The molecule has 1 amide bonds. The van der Waals surface area contributed by atoms with Crippen LogP contribution in [0.5, 0.6) is 0 Å². The maximum Gasteiger partial charge on any atom is 0.243 e. The molecule has 26 heavy (non-hydrogen) atoms. The normalized spacial score (nSPS) is 47.9. The van der Waals surface area contributed by atoms with Gasteiger partial charge in [-0.2, -0.15) is 5.26 Å². The Kier molecular flexibility index (Phi) is 4.45. The van der Waals surface area contributed by atoms with Crippen molar-refractivity contribution in [3.05, 3.63) is 12.2 Å². The third kappa shape index (κ3) is 2.55. The summed E-state index contributed by atoms with van der Waals surface area (Å²) in [6.45, 7) is 7.36. The Bertz CT molecular complexity index is 649. The summed E-state index contributed by atoms with van der Waals surface area (Å²) in [5, 5.41) is 12.2. The second-order valence-corrected chi connectivity index (χ2v) is 10.1. The average molecular weight is 355 g/mol. The Balaban J connectivity index is 1.57. The highest BCUT2D eigenvalue weighted by atomic mass is 16.1. The molecule has 0 radical (unpaired) electrons. The first kappa shape index (κ1) is 18.1. The van der Waals surface area contributed by atoms with E-state index >= 15 is 0 Å². The number of amides is 1. The molecule has 0 aromatic heterocycles. The number of nitrogens with zero attached hydrogens (tertiary/aromatic N) is 1. The highest BCUT2D eigenvalue weighted by Gasteiger charge is 2.60. The number of fused-ring (bicyclic) bond motifs is 5. The minimum absolute atomic E-state index is 0.0961. The van der Waals surface area contributed by atoms with E-state index in [1.807, 2.05) is 0 Å². The third-order valence-corrected chi connectivity index (χ3v) is 9.16. The van der Waals surface area contributed by atoms with Crippen molar-refractivity contribution in [1.82, 2.24) is 5.32 Å². The van der Waals surface area contributed by atoms with Gasteiger partial charge in [0.05, 0.1) is 6.07 Å². The zero-order valence-corrected chi connectivity index (χ0v) is 16.6. The van der Waals surface area contributed by atoms with Gasteiger partial charge in [-0.25, -0.2) is 0 Å². The van der Waals surface area contributed by atoms with Crippen molar-refractivity contribution >= 4 is 5.91 Å². The molecule has 4 aliphatic rings. The fourth-order valence-electron chi connectivity index (χ4n) is 7.80. The van der Waals surface area contributed by atoms with Crippen molar-refractivity contribution in [3.63, 3.8) is 0 Å². The van der Waals surface area contributed by atoms with E-state index in [0.29, 0.717) is 29.7 Å². The van der Waals surface area contributed by atoms with Crippen LogP contribution >= 0.6 is 0 Å². The summed E-state index contributed by atoms with van der Waals surface area (Å²) in [4.78, 5) is 11.8. The van der Waals surface area contributed by atoms with Gasteiger partial charge in [-0.1, -0.05) is 26.8 Å². The first-order valence-electron chi connectivity index (χ1n) is 10.8. The minimum Gasteiger partial charge on any atom is -0.349 e. The van der Waals surface area contributed by atoms with E-state index in [1.165, 1.54) is 32.1 Å². The SMILES string of the molecule is C[C@H](CCC#N)[C@H]1CC[C@H]2[C@@H]3CC[C@H]4NC(=O)C=C[C@]4(C)[C@H]3CC[C@]12C. The summed E-state index contributed by atoms with van der Waals surface area (Å²) in [5.74, 6) is 3.90. The van der Waals surface area contributed by atoms with Crippen molar-refractivity contribution in [2.45, 2.75) is 78.2 Å². The second kappa shape index (κ2) is 6.39. The van der Waals surface area contributed by atoms with Crippen LogP contribution in [-0.2, 0) is 4.79 Å². The maximum atomic E-state index is 11.8. The fraction of sp³-hybridized carbons (Fsp3) is 0.826. The molecule has 3 nitrogen and oxygen atoms in total. The third-order valence-electron chi connectivity index (χ3n) is 9.16. The lowest BCUT2D eigenvalue weighted by atomic mass is 9.47. The molecule has 0 aromatic rings. The molecule has 1 aliphatic heterocycles. The molecule has 0 aromatic carbocycles. The molecule has 0 unspecified atom stereocenters. The van der Waals surface area contributed by atoms with Gasteiger partial charge in [0.15, 0.2) is 0 Å². The van der Waals surface area contributed by atoms with Crippen LogP contribution in [0.1, 0.15) is 72.1 Å². The van der Waals surface area contributed by atoms with Crippen molar-refractivity contribution in [1.29, 1.82) is 5.26 Å². The zero-order chi connectivity index (χ0) is 18.5. The molecule has 3 fully saturated rings. The lowest BCUT2D eigenvalue weighted by Crippen LogP contribution is -2.59. The molecule has 0 bridgehead atoms. The Labute approximate surface area is 158 Å². The highest BCUT2D eigenvalue weighted by Crippen LogP contribution is 2.66. The summed E-state index contributed by atoms with van der Waals surface area (Å²) < 4.78 is 0. The molecule has 8 atom stereocenters. The summed E-state index contributed by atoms with van der Waals surface area (Å²) in [6.07, 6.45) is 13.6. The van der Waals surface area contributed by atoms with Gasteiger partial charge >= 0.3 is 0 Å². The number of carbonyl (C=O) groups excluding carboxylic acids is 1. The number of hydrogen-bond acceptors (Lipinski definition) is 2. The molecule has 4 rings (SSSR count). The quantitative estimate of drug-likeness (QED) is 0.788. The van der Waals surface area contributed by atoms with Crippen molar-refractivity contribution < 1.29 is 4.79 Å². The predicted octanol–water partition coefficient (Wildman–Crippen LogP) is 4.84. The van der Waals surface area contributed by atoms with Crippen LogP contribution in [0.25, 0.3) is 0 Å². The lowest BCUT2D eigenvalue weighted by molar-refractivity contribution is -0.122. The monoisotopic (exact) mass is 354 g/mol. The van der Waals surface area contributed by atoms with E-state index in [2.05, 4.69) is 38.2 Å². The molecular weight excluding hydrogens is 320 g/mol. The van der Waals surface area contributed by atoms with Crippen LogP contribution in [-0.4, -0.2) is 11.9 Å². The smallest absolute Gasteiger partial charge is 0.243 e. The van der Waals surface area contributed by atoms with Crippen LogP contribution in [0.2, 0.25) is 0 Å². The van der Waals surface area contributed by atoms with E-state index < -0.39 is 0 Å². The van der Waals surface area contributed by atoms with Crippen LogP contribution in [0.15, 0.2) is 12.2 Å². The standard InChI is InChI=1S/C23H34N2O/c1-15(5-4-14-24)17-7-8-18-16-6-9-20-23(3,13-11-21(26)25-20)19(16)10-12-22(17,18)2/h11,13,15-20H,4-10,12H2,1-3H3,(H,25,26)/t15-,16+,17-,18+,19+,20-,22-,23-/m1/s1. The van der Waals surface area contributed by atoms with E-state index in [0.717, 1.165) is 30.6 Å². The number of nitriles is 1. The van der Waals surface area contributed by atoms with Gasteiger partial charge in [0.1, 0.15) is 0 Å². The highest BCUT2D eigenvalue weighted by molar-refractivity contribution is 5.89. The van der Waals surface area contributed by atoms with E-state index in [1.54, 1.807) is 6.08 Å². The summed E-state index contributed by atoms with van der Waals surface area (Å²) in [5.41, 5.74) is 0.601. The van der Waals surface area contributed by atoms with Crippen LogP contribution < -0.4 is 5.32 Å². The van der Waals surface area contributed by atoms with Crippen molar-refractivity contribution in [2.24, 2.45) is 40.4 Å². The van der Waals surface area contributed by atoms with Gasteiger partial charge in [-0.3, -0.25) is 4.79 Å². The second-order valence-electron chi connectivity index (χ2n) is 10.1. The van der Waals surface area contributed by atoms with Crippen LogP contribution in [0.3, 0.4) is 0 Å². The molecule has 0 spiro atoms. The van der Waals surface area contributed by atoms with Gasteiger partial charge < -0.3 is 5.32 Å². The van der Waals surface area contributed by atoms with Crippen LogP contribution in [0, 0.1) is 51.8 Å². The van der Waals surface area contributed by atoms with Crippen LogP contribution in [0.4, 0.5) is 0 Å². The molecule has 3 aliphatic carbocycles. The topological polar surface area (TPSA) is 52.9 Å². The molecule has 0 saturated heterocycles. The van der Waals surface area contributed by atoms with Gasteiger partial charge in [0, 0.05) is 17.9 Å². The number of nitrogens with one attached hydrogen (secondary N) is 1. The molecular formula is C23H34N2O. The Morgan fingerprint density at radius 2 is 2.04 bits per heavy atom. The average Bonchev–Trinajstić information content (AvgIpc) is 2.97. The minimum atomic E-state index is 0.0961. The summed E-state index contributed by atoms with van der Waals surface area (Å²) in [6, 6.07) is 2.68. The molecule has 1 N–H and O–H groups in total. The zero-order valence-electron chi connectivity index (χ0n) is 16.6. The Morgan fingerprint density at radius 1 is 1.23 bits per heavy atom. The van der Waals surface area contributed by atoms with Crippen molar-refractivity contribution in [2.75, 3.05) is 0 Å². The Hall–Kier alpha value is -1.30.